The zero-order valence-corrected chi connectivity index (χ0v) is 22.1. The third-order valence-corrected chi connectivity index (χ3v) is 7.72. The summed E-state index contributed by atoms with van der Waals surface area (Å²) in [5.41, 5.74) is 5.38. The molecule has 192 valence electrons. The highest BCUT2D eigenvalue weighted by Crippen LogP contribution is 2.58. The molecule has 0 unspecified atom stereocenters. The largest absolute Gasteiger partial charge is 0.456 e. The quantitative estimate of drug-likeness (QED) is 0.227. The number of para-hydroxylation sites is 2. The maximum Gasteiger partial charge on any atom is 0.342 e. The number of fused-ring (bicyclic) bond motifs is 6. The van der Waals surface area contributed by atoms with Crippen LogP contribution < -0.4 is 9.64 Å². The van der Waals surface area contributed by atoms with E-state index >= 15 is 0 Å². The Bertz CT molecular complexity index is 1420. The molecule has 4 nitrogen and oxygen atoms in total. The van der Waals surface area contributed by atoms with Crippen molar-refractivity contribution in [2.75, 3.05) is 18.0 Å². The highest BCUT2D eigenvalue weighted by atomic mass is 16.6. The average molecular weight is 504 g/mol. The van der Waals surface area contributed by atoms with E-state index in [1.54, 1.807) is 0 Å². The van der Waals surface area contributed by atoms with Gasteiger partial charge in [-0.05, 0) is 30.5 Å². The SMILES string of the molecule is CCCCN(CCCC)c1c(-c2ccccc2)ccc2c1C(=O)OC21c2ccccc2Oc2ccccc21. The molecule has 0 radical (unpaired) electrons. The molecule has 2 aliphatic rings. The number of unbranched alkanes of at least 4 members (excludes halogenated alkanes) is 2. The van der Waals surface area contributed by atoms with Crippen molar-refractivity contribution in [2.45, 2.75) is 45.1 Å². The van der Waals surface area contributed by atoms with Crippen LogP contribution in [-0.4, -0.2) is 19.1 Å². The van der Waals surface area contributed by atoms with E-state index in [4.69, 9.17) is 9.47 Å². The Labute approximate surface area is 224 Å². The van der Waals surface area contributed by atoms with Crippen LogP contribution in [0, 0.1) is 0 Å². The van der Waals surface area contributed by atoms with Crippen molar-refractivity contribution < 1.29 is 14.3 Å². The second kappa shape index (κ2) is 10.0. The number of hydrogen-bond donors (Lipinski definition) is 0. The van der Waals surface area contributed by atoms with Gasteiger partial charge in [-0.2, -0.15) is 0 Å². The Morgan fingerprint density at radius 1 is 0.684 bits per heavy atom. The number of hydrogen-bond acceptors (Lipinski definition) is 4. The molecule has 0 saturated heterocycles. The molecule has 4 aromatic rings. The number of benzene rings is 4. The molecule has 0 bridgehead atoms. The molecule has 0 atom stereocenters. The van der Waals surface area contributed by atoms with Crippen molar-refractivity contribution in [3.8, 4) is 22.6 Å². The summed E-state index contributed by atoms with van der Waals surface area (Å²) in [7, 11) is 0. The lowest BCUT2D eigenvalue weighted by atomic mass is 9.77. The van der Waals surface area contributed by atoms with Gasteiger partial charge in [0.05, 0.1) is 11.3 Å². The summed E-state index contributed by atoms with van der Waals surface area (Å²) in [6.45, 7) is 6.21. The molecule has 2 aliphatic heterocycles. The third kappa shape index (κ3) is 3.78. The average Bonchev–Trinajstić information content (AvgIpc) is 3.26. The molecule has 0 aromatic heterocycles. The fourth-order valence-electron chi connectivity index (χ4n) is 5.91. The molecule has 6 rings (SSSR count). The topological polar surface area (TPSA) is 38.8 Å². The van der Waals surface area contributed by atoms with Crippen molar-refractivity contribution >= 4 is 11.7 Å². The van der Waals surface area contributed by atoms with E-state index in [0.717, 1.165) is 72.3 Å². The van der Waals surface area contributed by atoms with Crippen molar-refractivity contribution in [1.29, 1.82) is 0 Å². The summed E-state index contributed by atoms with van der Waals surface area (Å²) in [6.07, 6.45) is 4.29. The fourth-order valence-corrected chi connectivity index (χ4v) is 5.91. The Hall–Kier alpha value is -4.05. The van der Waals surface area contributed by atoms with Crippen LogP contribution in [0.3, 0.4) is 0 Å². The predicted octanol–water partition coefficient (Wildman–Crippen LogP) is 8.33. The van der Waals surface area contributed by atoms with E-state index in [2.05, 4.69) is 55.1 Å². The van der Waals surface area contributed by atoms with Crippen LogP contribution in [0.2, 0.25) is 0 Å². The van der Waals surface area contributed by atoms with Gasteiger partial charge in [0.1, 0.15) is 11.5 Å². The number of rotatable bonds is 8. The Morgan fingerprint density at radius 3 is 1.87 bits per heavy atom. The standard InChI is InChI=1S/C34H33NO3/c1-3-5-22-35(23-6-4-2)32-25(24-14-8-7-9-15-24)20-21-28-31(32)33(36)38-34(28)26-16-10-12-18-29(26)37-30-19-13-11-17-27(30)34/h7-21H,3-6,22-23H2,1-2H3. The van der Waals surface area contributed by atoms with E-state index in [0.29, 0.717) is 17.1 Å². The Kier molecular flexibility index (Phi) is 6.40. The molecule has 0 aliphatic carbocycles. The second-order valence-electron chi connectivity index (χ2n) is 10.1. The summed E-state index contributed by atoms with van der Waals surface area (Å²) in [5.74, 6) is 1.15. The minimum Gasteiger partial charge on any atom is -0.456 e. The predicted molar refractivity (Wildman–Crippen MR) is 152 cm³/mol. The van der Waals surface area contributed by atoms with Gasteiger partial charge in [-0.15, -0.1) is 0 Å². The van der Waals surface area contributed by atoms with Crippen molar-refractivity contribution in [3.05, 3.63) is 113 Å². The van der Waals surface area contributed by atoms with E-state index < -0.39 is 5.60 Å². The highest BCUT2D eigenvalue weighted by molar-refractivity contribution is 6.06. The molecule has 4 heteroatoms. The molecular formula is C34H33NO3. The number of esters is 1. The van der Waals surface area contributed by atoms with Gasteiger partial charge in [-0.1, -0.05) is 106 Å². The maximum absolute atomic E-state index is 14.1. The number of ether oxygens (including phenoxy) is 2. The van der Waals surface area contributed by atoms with E-state index in [9.17, 15) is 4.79 Å². The molecule has 0 fully saturated rings. The van der Waals surface area contributed by atoms with Crippen LogP contribution in [0.4, 0.5) is 5.69 Å². The van der Waals surface area contributed by atoms with Crippen LogP contribution >= 0.6 is 0 Å². The van der Waals surface area contributed by atoms with Gasteiger partial charge in [0, 0.05) is 35.3 Å². The summed E-state index contributed by atoms with van der Waals surface area (Å²) in [5, 5.41) is 0. The Morgan fingerprint density at radius 2 is 1.26 bits per heavy atom. The minimum atomic E-state index is -1.05. The van der Waals surface area contributed by atoms with Crippen LogP contribution in [-0.2, 0) is 10.3 Å². The monoisotopic (exact) mass is 503 g/mol. The molecule has 0 N–H and O–H groups in total. The van der Waals surface area contributed by atoms with E-state index in [1.165, 1.54) is 0 Å². The number of carbonyl (C=O) groups excluding carboxylic acids is 1. The lowest BCUT2D eigenvalue weighted by molar-refractivity contribution is 0.0224. The van der Waals surface area contributed by atoms with Crippen LogP contribution in [0.15, 0.2) is 91.0 Å². The van der Waals surface area contributed by atoms with E-state index in [-0.39, 0.29) is 5.97 Å². The normalized spacial score (nSPS) is 14.3. The van der Waals surface area contributed by atoms with Gasteiger partial charge in [-0.3, -0.25) is 0 Å². The Balaban J connectivity index is 1.65. The van der Waals surface area contributed by atoms with Gasteiger partial charge < -0.3 is 14.4 Å². The highest BCUT2D eigenvalue weighted by Gasteiger charge is 2.54. The van der Waals surface area contributed by atoms with Crippen molar-refractivity contribution in [1.82, 2.24) is 0 Å². The van der Waals surface area contributed by atoms with Crippen LogP contribution in [0.5, 0.6) is 11.5 Å². The first-order valence-electron chi connectivity index (χ1n) is 13.8. The lowest BCUT2D eigenvalue weighted by Crippen LogP contribution is -2.33. The molecule has 1 spiro atoms. The van der Waals surface area contributed by atoms with E-state index in [1.807, 2.05) is 54.6 Å². The number of carbonyl (C=O) groups is 1. The van der Waals surface area contributed by atoms with Crippen molar-refractivity contribution in [2.24, 2.45) is 0 Å². The van der Waals surface area contributed by atoms with Gasteiger partial charge in [0.25, 0.3) is 0 Å². The smallest absolute Gasteiger partial charge is 0.342 e. The molecule has 0 amide bonds. The number of anilines is 1. The number of nitrogens with zero attached hydrogens (tertiary/aromatic N) is 1. The maximum atomic E-state index is 14.1. The zero-order chi connectivity index (χ0) is 26.1. The van der Waals surface area contributed by atoms with Crippen LogP contribution in [0.25, 0.3) is 11.1 Å². The van der Waals surface area contributed by atoms with Gasteiger partial charge in [0.15, 0.2) is 5.60 Å². The van der Waals surface area contributed by atoms with Gasteiger partial charge in [0.2, 0.25) is 0 Å². The first kappa shape index (κ1) is 24.3. The summed E-state index contributed by atoms with van der Waals surface area (Å²) >= 11 is 0. The van der Waals surface area contributed by atoms with Crippen molar-refractivity contribution in [3.63, 3.8) is 0 Å². The third-order valence-electron chi connectivity index (χ3n) is 7.72. The van der Waals surface area contributed by atoms with Gasteiger partial charge >= 0.3 is 5.97 Å². The molecule has 2 heterocycles. The summed E-state index contributed by atoms with van der Waals surface area (Å²) < 4.78 is 12.8. The fraction of sp³-hybridized carbons (Fsp3) is 0.265. The van der Waals surface area contributed by atoms with Gasteiger partial charge in [-0.25, -0.2) is 4.79 Å². The summed E-state index contributed by atoms with van der Waals surface area (Å²) in [4.78, 5) is 16.5. The second-order valence-corrected chi connectivity index (χ2v) is 10.1. The summed E-state index contributed by atoms with van der Waals surface area (Å²) in [6, 6.07) is 30.5. The molecule has 38 heavy (non-hydrogen) atoms. The zero-order valence-electron chi connectivity index (χ0n) is 22.1. The lowest BCUT2D eigenvalue weighted by Gasteiger charge is -2.36. The minimum absolute atomic E-state index is 0.280. The molecule has 0 saturated carbocycles. The van der Waals surface area contributed by atoms with Crippen LogP contribution in [0.1, 0.15) is 66.6 Å². The first-order chi connectivity index (χ1) is 18.7. The first-order valence-corrected chi connectivity index (χ1v) is 13.8. The molecular weight excluding hydrogens is 470 g/mol. The molecule has 4 aromatic carbocycles.